The van der Waals surface area contributed by atoms with Crippen molar-refractivity contribution in [3.8, 4) is 0 Å². The zero-order valence-electron chi connectivity index (χ0n) is 8.28. The summed E-state index contributed by atoms with van der Waals surface area (Å²) < 4.78 is 0.800. The Morgan fingerprint density at radius 3 is 2.93 bits per heavy atom. The van der Waals surface area contributed by atoms with Crippen LogP contribution in [0.25, 0.3) is 0 Å². The predicted octanol–water partition coefficient (Wildman–Crippen LogP) is 1.50. The number of nitrogens with two attached hydrogens (primary N) is 1. The summed E-state index contributed by atoms with van der Waals surface area (Å²) in [6.07, 6.45) is 1.65. The minimum atomic E-state index is -0.281. The maximum Gasteiger partial charge on any atom is 0.239 e. The van der Waals surface area contributed by atoms with Crippen molar-refractivity contribution in [1.29, 1.82) is 0 Å². The molecule has 0 saturated carbocycles. The minimum Gasteiger partial charge on any atom is -0.341 e. The van der Waals surface area contributed by atoms with Gasteiger partial charge in [0.25, 0.3) is 0 Å². The Balaban J connectivity index is 1.86. The van der Waals surface area contributed by atoms with Crippen molar-refractivity contribution in [3.05, 3.63) is 21.3 Å². The van der Waals surface area contributed by atoms with E-state index in [1.165, 1.54) is 4.88 Å². The van der Waals surface area contributed by atoms with Crippen LogP contribution in [-0.2, 0) is 11.2 Å². The van der Waals surface area contributed by atoms with E-state index in [1.54, 1.807) is 11.3 Å². The highest BCUT2D eigenvalue weighted by molar-refractivity contribution is 7.16. The van der Waals surface area contributed by atoms with Gasteiger partial charge in [0.1, 0.15) is 0 Å². The van der Waals surface area contributed by atoms with Crippen LogP contribution in [0, 0.1) is 0 Å². The normalized spacial score (nSPS) is 21.3. The van der Waals surface area contributed by atoms with Crippen LogP contribution in [0.2, 0.25) is 4.34 Å². The van der Waals surface area contributed by atoms with Gasteiger partial charge in [0.05, 0.1) is 10.4 Å². The summed E-state index contributed by atoms with van der Waals surface area (Å²) in [4.78, 5) is 14.6. The standard InChI is InChI=1S/C10H13ClN2OS/c11-9-2-1-7(15-9)3-5-13-6-4-8(12)10(13)14/h1-2,8H,3-6,12H2. The molecule has 1 aliphatic heterocycles. The van der Waals surface area contributed by atoms with Crippen molar-refractivity contribution in [3.63, 3.8) is 0 Å². The van der Waals surface area contributed by atoms with Gasteiger partial charge in [0.15, 0.2) is 0 Å². The number of carbonyl (C=O) groups excluding carboxylic acids is 1. The molecule has 1 aromatic heterocycles. The fraction of sp³-hybridized carbons (Fsp3) is 0.500. The molecule has 1 fully saturated rings. The number of hydrogen-bond acceptors (Lipinski definition) is 3. The summed E-state index contributed by atoms with van der Waals surface area (Å²) in [6, 6.07) is 3.61. The molecule has 2 N–H and O–H groups in total. The molecule has 1 atom stereocenters. The molecule has 1 saturated heterocycles. The van der Waals surface area contributed by atoms with Gasteiger partial charge < -0.3 is 10.6 Å². The number of thiophene rings is 1. The molecular weight excluding hydrogens is 232 g/mol. The smallest absolute Gasteiger partial charge is 0.239 e. The summed E-state index contributed by atoms with van der Waals surface area (Å²) in [5.41, 5.74) is 5.63. The second-order valence-electron chi connectivity index (χ2n) is 3.68. The molecule has 2 rings (SSSR count). The average molecular weight is 245 g/mol. The lowest BCUT2D eigenvalue weighted by Gasteiger charge is -2.14. The fourth-order valence-corrected chi connectivity index (χ4v) is 2.79. The third kappa shape index (κ3) is 2.51. The summed E-state index contributed by atoms with van der Waals surface area (Å²) in [5.74, 6) is 0.0812. The lowest BCUT2D eigenvalue weighted by Crippen LogP contribution is -2.35. The van der Waals surface area contributed by atoms with Crippen molar-refractivity contribution < 1.29 is 4.79 Å². The predicted molar refractivity (Wildman–Crippen MR) is 62.2 cm³/mol. The van der Waals surface area contributed by atoms with Crippen molar-refractivity contribution in [2.24, 2.45) is 5.73 Å². The quantitative estimate of drug-likeness (QED) is 0.876. The number of carbonyl (C=O) groups is 1. The fourth-order valence-electron chi connectivity index (χ4n) is 1.72. The van der Waals surface area contributed by atoms with E-state index in [2.05, 4.69) is 0 Å². The first kappa shape index (κ1) is 10.9. The van der Waals surface area contributed by atoms with Gasteiger partial charge in [-0.25, -0.2) is 0 Å². The Morgan fingerprint density at radius 2 is 2.40 bits per heavy atom. The van der Waals surface area contributed by atoms with Crippen LogP contribution >= 0.6 is 22.9 Å². The Bertz CT molecular complexity index is 366. The molecule has 0 spiro atoms. The molecule has 5 heteroatoms. The molecule has 1 aliphatic rings. The van der Waals surface area contributed by atoms with E-state index < -0.39 is 0 Å². The largest absolute Gasteiger partial charge is 0.341 e. The van der Waals surface area contributed by atoms with E-state index in [1.807, 2.05) is 17.0 Å². The van der Waals surface area contributed by atoms with E-state index in [0.29, 0.717) is 0 Å². The zero-order chi connectivity index (χ0) is 10.8. The third-order valence-electron chi connectivity index (χ3n) is 2.60. The first-order valence-corrected chi connectivity index (χ1v) is 6.15. The zero-order valence-corrected chi connectivity index (χ0v) is 9.85. The molecule has 1 unspecified atom stereocenters. The number of likely N-dealkylation sites (tertiary alicyclic amines) is 1. The van der Waals surface area contributed by atoms with E-state index in [4.69, 9.17) is 17.3 Å². The molecule has 0 bridgehead atoms. The highest BCUT2D eigenvalue weighted by Gasteiger charge is 2.27. The number of amides is 1. The van der Waals surface area contributed by atoms with E-state index in [0.717, 1.165) is 30.3 Å². The van der Waals surface area contributed by atoms with Crippen LogP contribution in [0.4, 0.5) is 0 Å². The van der Waals surface area contributed by atoms with E-state index >= 15 is 0 Å². The van der Waals surface area contributed by atoms with Gasteiger partial charge in [-0.2, -0.15) is 0 Å². The van der Waals surface area contributed by atoms with Crippen molar-refractivity contribution >= 4 is 28.8 Å². The molecule has 0 aliphatic carbocycles. The van der Waals surface area contributed by atoms with Crippen LogP contribution in [0.3, 0.4) is 0 Å². The van der Waals surface area contributed by atoms with Crippen molar-refractivity contribution in [2.75, 3.05) is 13.1 Å². The highest BCUT2D eigenvalue weighted by atomic mass is 35.5. The third-order valence-corrected chi connectivity index (χ3v) is 3.89. The maximum absolute atomic E-state index is 11.5. The monoisotopic (exact) mass is 244 g/mol. The Labute approximate surface area is 97.8 Å². The van der Waals surface area contributed by atoms with Crippen LogP contribution in [0.5, 0.6) is 0 Å². The van der Waals surface area contributed by atoms with Gasteiger partial charge in [-0.1, -0.05) is 11.6 Å². The van der Waals surface area contributed by atoms with Crippen LogP contribution in [0.1, 0.15) is 11.3 Å². The number of rotatable bonds is 3. The minimum absolute atomic E-state index is 0.0812. The summed E-state index contributed by atoms with van der Waals surface area (Å²) in [7, 11) is 0. The Morgan fingerprint density at radius 1 is 1.60 bits per heavy atom. The van der Waals surface area contributed by atoms with Crippen LogP contribution in [0.15, 0.2) is 12.1 Å². The van der Waals surface area contributed by atoms with Crippen LogP contribution < -0.4 is 5.73 Å². The average Bonchev–Trinajstić information content (AvgIpc) is 2.74. The summed E-state index contributed by atoms with van der Waals surface area (Å²) in [6.45, 7) is 1.54. The molecule has 0 aromatic carbocycles. The molecule has 0 radical (unpaired) electrons. The molecule has 1 amide bonds. The van der Waals surface area contributed by atoms with Gasteiger partial charge in [-0.15, -0.1) is 11.3 Å². The Kier molecular flexibility index (Phi) is 3.29. The second-order valence-corrected chi connectivity index (χ2v) is 5.48. The Hall–Kier alpha value is -0.580. The van der Waals surface area contributed by atoms with Gasteiger partial charge in [0, 0.05) is 18.0 Å². The molecular formula is C10H13ClN2OS. The number of halogens is 1. The van der Waals surface area contributed by atoms with Gasteiger partial charge in [-0.05, 0) is 25.0 Å². The van der Waals surface area contributed by atoms with Gasteiger partial charge >= 0.3 is 0 Å². The molecule has 2 heterocycles. The molecule has 3 nitrogen and oxygen atoms in total. The van der Waals surface area contributed by atoms with Gasteiger partial charge in [0.2, 0.25) is 5.91 Å². The van der Waals surface area contributed by atoms with Crippen molar-refractivity contribution in [2.45, 2.75) is 18.9 Å². The molecule has 15 heavy (non-hydrogen) atoms. The first-order valence-electron chi connectivity index (χ1n) is 4.95. The lowest BCUT2D eigenvalue weighted by atomic mass is 10.3. The molecule has 82 valence electrons. The second kappa shape index (κ2) is 4.51. The highest BCUT2D eigenvalue weighted by Crippen LogP contribution is 2.22. The number of nitrogens with zero attached hydrogens (tertiary/aromatic N) is 1. The van der Waals surface area contributed by atoms with Gasteiger partial charge in [-0.3, -0.25) is 4.79 Å². The van der Waals surface area contributed by atoms with E-state index in [9.17, 15) is 4.79 Å². The van der Waals surface area contributed by atoms with Crippen molar-refractivity contribution in [1.82, 2.24) is 4.90 Å². The summed E-state index contributed by atoms with van der Waals surface area (Å²) in [5, 5.41) is 0. The summed E-state index contributed by atoms with van der Waals surface area (Å²) >= 11 is 7.39. The SMILES string of the molecule is NC1CCN(CCc2ccc(Cl)s2)C1=O. The maximum atomic E-state index is 11.5. The number of hydrogen-bond donors (Lipinski definition) is 1. The lowest BCUT2D eigenvalue weighted by molar-refractivity contribution is -0.128. The topological polar surface area (TPSA) is 46.3 Å². The van der Waals surface area contributed by atoms with Crippen LogP contribution in [-0.4, -0.2) is 29.9 Å². The molecule has 1 aromatic rings. The van der Waals surface area contributed by atoms with E-state index in [-0.39, 0.29) is 11.9 Å². The first-order chi connectivity index (χ1) is 7.16.